The molecule has 4 rings (SSSR count). The second-order valence-corrected chi connectivity index (χ2v) is 8.17. The van der Waals surface area contributed by atoms with Crippen molar-refractivity contribution in [2.24, 2.45) is 7.05 Å². The Morgan fingerprint density at radius 1 is 1.08 bits per heavy atom. The lowest BCUT2D eigenvalue weighted by Crippen LogP contribution is -2.33. The van der Waals surface area contributed by atoms with E-state index in [2.05, 4.69) is 52.1 Å². The minimum atomic E-state index is 0.00974. The number of likely N-dealkylation sites (tertiary alicyclic amines) is 1. The summed E-state index contributed by atoms with van der Waals surface area (Å²) in [6.45, 7) is 9.43. The van der Waals surface area contributed by atoms with Crippen LogP contribution in [0, 0.1) is 0 Å². The van der Waals surface area contributed by atoms with Gasteiger partial charge in [0.1, 0.15) is 0 Å². The van der Waals surface area contributed by atoms with Gasteiger partial charge in [0.15, 0.2) is 11.5 Å². The average molecular weight is 354 g/mol. The van der Waals surface area contributed by atoms with Gasteiger partial charge < -0.3 is 0 Å². The summed E-state index contributed by atoms with van der Waals surface area (Å²) in [6, 6.07) is 4.07. The third-order valence-corrected chi connectivity index (χ3v) is 5.04. The van der Waals surface area contributed by atoms with Crippen molar-refractivity contribution in [1.29, 1.82) is 0 Å². The highest BCUT2D eigenvalue weighted by atomic mass is 15.5. The van der Waals surface area contributed by atoms with Gasteiger partial charge in [-0.2, -0.15) is 24.6 Å². The first kappa shape index (κ1) is 17.1. The van der Waals surface area contributed by atoms with Gasteiger partial charge in [0.2, 0.25) is 0 Å². The molecule has 1 fully saturated rings. The van der Waals surface area contributed by atoms with Crippen LogP contribution in [0.2, 0.25) is 0 Å². The molecule has 3 aromatic rings. The van der Waals surface area contributed by atoms with E-state index in [0.717, 1.165) is 55.3 Å². The zero-order chi connectivity index (χ0) is 18.3. The Morgan fingerprint density at radius 3 is 2.50 bits per heavy atom. The van der Waals surface area contributed by atoms with Crippen molar-refractivity contribution in [2.75, 3.05) is 13.1 Å². The van der Waals surface area contributed by atoms with E-state index in [1.54, 1.807) is 4.80 Å². The highest BCUT2D eigenvalue weighted by Gasteiger charge is 2.26. The summed E-state index contributed by atoms with van der Waals surface area (Å²) < 4.78 is 1.95. The summed E-state index contributed by atoms with van der Waals surface area (Å²) >= 11 is 0. The second-order valence-electron chi connectivity index (χ2n) is 8.17. The highest BCUT2D eigenvalue weighted by molar-refractivity contribution is 5.37. The van der Waals surface area contributed by atoms with E-state index in [1.165, 1.54) is 0 Å². The van der Waals surface area contributed by atoms with E-state index >= 15 is 0 Å². The summed E-state index contributed by atoms with van der Waals surface area (Å²) in [5, 5.41) is 22.1. The molecule has 1 aliphatic rings. The predicted molar refractivity (Wildman–Crippen MR) is 97.7 cm³/mol. The van der Waals surface area contributed by atoms with Gasteiger partial charge in [0.05, 0.1) is 17.6 Å². The van der Waals surface area contributed by atoms with E-state index in [0.29, 0.717) is 5.92 Å². The second kappa shape index (κ2) is 6.42. The maximum Gasteiger partial charge on any atom is 0.177 e. The Balaban J connectivity index is 1.49. The maximum atomic E-state index is 4.83. The van der Waals surface area contributed by atoms with E-state index in [-0.39, 0.29) is 5.41 Å². The number of hydrogen-bond donors (Lipinski definition) is 0. The van der Waals surface area contributed by atoms with Crippen molar-refractivity contribution in [3.8, 4) is 0 Å². The van der Waals surface area contributed by atoms with Crippen molar-refractivity contribution < 1.29 is 0 Å². The molecule has 0 unspecified atom stereocenters. The van der Waals surface area contributed by atoms with Crippen LogP contribution in [0.4, 0.5) is 0 Å². The molecule has 0 aliphatic carbocycles. The van der Waals surface area contributed by atoms with Crippen LogP contribution in [-0.2, 0) is 19.0 Å². The van der Waals surface area contributed by atoms with Gasteiger partial charge in [0.25, 0.3) is 0 Å². The van der Waals surface area contributed by atoms with Crippen LogP contribution in [0.1, 0.15) is 56.7 Å². The topological polar surface area (TPSA) is 77.0 Å². The van der Waals surface area contributed by atoms with E-state index in [1.807, 2.05) is 23.8 Å². The van der Waals surface area contributed by atoms with Crippen LogP contribution in [0.5, 0.6) is 0 Å². The number of rotatable bonds is 3. The minimum Gasteiger partial charge on any atom is -0.297 e. The number of piperidine rings is 1. The van der Waals surface area contributed by atoms with Gasteiger partial charge in [-0.1, -0.05) is 20.8 Å². The normalized spacial score (nSPS) is 17.2. The first-order valence-corrected chi connectivity index (χ1v) is 9.20. The summed E-state index contributed by atoms with van der Waals surface area (Å²) in [5.41, 5.74) is 2.92. The molecule has 3 aromatic heterocycles. The summed E-state index contributed by atoms with van der Waals surface area (Å²) in [6.07, 6.45) is 3.96. The number of aromatic nitrogens is 7. The summed E-state index contributed by atoms with van der Waals surface area (Å²) in [5.74, 6) is 1.39. The quantitative estimate of drug-likeness (QED) is 0.715. The molecule has 0 amide bonds. The van der Waals surface area contributed by atoms with Crippen LogP contribution in [0.25, 0.3) is 5.65 Å². The summed E-state index contributed by atoms with van der Waals surface area (Å²) in [4.78, 5) is 4.04. The third-order valence-electron chi connectivity index (χ3n) is 5.04. The third kappa shape index (κ3) is 3.33. The molecule has 0 spiro atoms. The van der Waals surface area contributed by atoms with Crippen molar-refractivity contribution >= 4 is 5.65 Å². The Labute approximate surface area is 153 Å². The van der Waals surface area contributed by atoms with Gasteiger partial charge in [0, 0.05) is 24.9 Å². The van der Waals surface area contributed by atoms with E-state index < -0.39 is 0 Å². The van der Waals surface area contributed by atoms with Gasteiger partial charge >= 0.3 is 0 Å². The van der Waals surface area contributed by atoms with Crippen LogP contribution >= 0.6 is 0 Å². The Kier molecular flexibility index (Phi) is 4.22. The van der Waals surface area contributed by atoms with Crippen molar-refractivity contribution in [3.05, 3.63) is 35.5 Å². The first-order chi connectivity index (χ1) is 12.4. The Bertz CT molecular complexity index is 895. The van der Waals surface area contributed by atoms with Crippen LogP contribution in [0.3, 0.4) is 0 Å². The van der Waals surface area contributed by atoms with Crippen LogP contribution < -0.4 is 0 Å². The van der Waals surface area contributed by atoms with Gasteiger partial charge in [-0.3, -0.25) is 4.90 Å². The molecule has 138 valence electrons. The maximum absolute atomic E-state index is 4.83. The van der Waals surface area contributed by atoms with Gasteiger partial charge in [-0.15, -0.1) is 10.2 Å². The molecule has 0 saturated carbocycles. The lowest BCUT2D eigenvalue weighted by molar-refractivity contribution is 0.198. The van der Waals surface area contributed by atoms with E-state index in [9.17, 15) is 0 Å². The number of fused-ring (bicyclic) bond motifs is 1. The fraction of sp³-hybridized carbons (Fsp3) is 0.611. The van der Waals surface area contributed by atoms with Crippen LogP contribution in [-0.4, -0.2) is 52.8 Å². The van der Waals surface area contributed by atoms with E-state index in [4.69, 9.17) is 5.10 Å². The highest BCUT2D eigenvalue weighted by Crippen LogP contribution is 2.28. The zero-order valence-corrected chi connectivity index (χ0v) is 15.9. The largest absolute Gasteiger partial charge is 0.297 e. The van der Waals surface area contributed by atoms with Gasteiger partial charge in [-0.25, -0.2) is 0 Å². The predicted octanol–water partition coefficient (Wildman–Crippen LogP) is 1.93. The van der Waals surface area contributed by atoms with Gasteiger partial charge in [-0.05, 0) is 38.1 Å². The van der Waals surface area contributed by atoms with Crippen molar-refractivity contribution in [1.82, 2.24) is 39.7 Å². The number of nitrogens with zero attached hydrogens (tertiary/aromatic N) is 8. The molecule has 0 atom stereocenters. The molecule has 4 heterocycles. The van der Waals surface area contributed by atoms with Crippen molar-refractivity contribution in [3.63, 3.8) is 0 Å². The van der Waals surface area contributed by atoms with Crippen molar-refractivity contribution in [2.45, 2.75) is 51.5 Å². The number of aryl methyl sites for hydroxylation is 1. The lowest BCUT2D eigenvalue weighted by Gasteiger charge is -2.30. The molecule has 0 N–H and O–H groups in total. The molecule has 26 heavy (non-hydrogen) atoms. The molecular formula is C18H26N8. The summed E-state index contributed by atoms with van der Waals surface area (Å²) in [7, 11) is 1.85. The molecule has 8 nitrogen and oxygen atoms in total. The fourth-order valence-electron chi connectivity index (χ4n) is 3.50. The first-order valence-electron chi connectivity index (χ1n) is 9.20. The fourth-order valence-corrected chi connectivity index (χ4v) is 3.50. The molecule has 1 aliphatic heterocycles. The minimum absolute atomic E-state index is 0.00974. The van der Waals surface area contributed by atoms with Crippen LogP contribution in [0.15, 0.2) is 18.3 Å². The molecule has 0 radical (unpaired) electrons. The monoisotopic (exact) mass is 354 g/mol. The Morgan fingerprint density at radius 2 is 1.85 bits per heavy atom. The number of hydrogen-bond acceptors (Lipinski definition) is 6. The average Bonchev–Trinajstić information content (AvgIpc) is 3.20. The Hall–Kier alpha value is -2.35. The standard InChI is InChI=1S/C18H26N8/c1-18(2,3)15-5-6-16-20-21-17(26(16)23-15)13-7-9-25(10-8-13)12-14-11-19-24(4)22-14/h5-6,11,13H,7-10,12H2,1-4H3. The molecular weight excluding hydrogens is 328 g/mol. The molecule has 1 saturated heterocycles. The molecule has 0 bridgehead atoms. The smallest absolute Gasteiger partial charge is 0.177 e. The molecule has 8 heteroatoms. The molecule has 0 aromatic carbocycles. The zero-order valence-electron chi connectivity index (χ0n) is 15.9. The lowest BCUT2D eigenvalue weighted by atomic mass is 9.92. The SMILES string of the molecule is Cn1ncc(CN2CCC(c3nnc4ccc(C(C)(C)C)nn34)CC2)n1.